The lowest BCUT2D eigenvalue weighted by Crippen LogP contribution is -2.54. The van der Waals surface area contributed by atoms with Gasteiger partial charge in [0, 0.05) is 86.8 Å². The van der Waals surface area contributed by atoms with Gasteiger partial charge in [0.15, 0.2) is 5.82 Å². The molecule has 21 heteroatoms. The fraction of sp³-hybridized carbons (Fsp3) is 0.333. The van der Waals surface area contributed by atoms with Crippen molar-refractivity contribution in [1.29, 1.82) is 0 Å². The Bertz CT molecular complexity index is 2870. The third-order valence-corrected chi connectivity index (χ3v) is 13.7. The van der Waals surface area contributed by atoms with E-state index in [4.69, 9.17) is 9.47 Å². The van der Waals surface area contributed by atoms with Gasteiger partial charge in [-0.25, -0.2) is 18.2 Å². The smallest absolute Gasteiger partial charge is 0.301 e. The van der Waals surface area contributed by atoms with Crippen LogP contribution in [0.15, 0.2) is 73.1 Å². The first kappa shape index (κ1) is 44.5. The van der Waals surface area contributed by atoms with Crippen molar-refractivity contribution in [3.8, 4) is 16.9 Å². The topological polar surface area (TPSA) is 204 Å². The fourth-order valence-corrected chi connectivity index (χ4v) is 9.84. The molecule has 3 N–H and O–H groups in total. The number of hydrogen-bond donors (Lipinski definition) is 3. The number of fused-ring (bicyclic) bond motifs is 2. The zero-order chi connectivity index (χ0) is 46.3. The van der Waals surface area contributed by atoms with E-state index in [1.54, 1.807) is 48.7 Å². The number of hydrogen-bond acceptors (Lipinski definition) is 12. The molecule has 0 saturated carbocycles. The highest BCUT2D eigenvalue weighted by molar-refractivity contribution is 7.90. The number of amides is 4. The van der Waals surface area contributed by atoms with Crippen molar-refractivity contribution >= 4 is 62.0 Å². The van der Waals surface area contributed by atoms with Gasteiger partial charge in [0.1, 0.15) is 36.0 Å². The van der Waals surface area contributed by atoms with E-state index in [-0.39, 0.29) is 53.5 Å². The molecule has 4 amide bonds. The number of imide groups is 2. The molecule has 6 heterocycles. The van der Waals surface area contributed by atoms with Crippen molar-refractivity contribution in [3.63, 3.8) is 0 Å². The zero-order valence-corrected chi connectivity index (χ0v) is 36.0. The second kappa shape index (κ2) is 18.3. The first-order valence-electron chi connectivity index (χ1n) is 21.3. The monoisotopic (exact) mass is 928 g/mol. The average Bonchev–Trinajstić information content (AvgIpc) is 4.02. The number of benzene rings is 3. The van der Waals surface area contributed by atoms with Crippen LogP contribution in [0.3, 0.4) is 0 Å². The summed E-state index contributed by atoms with van der Waals surface area (Å²) >= 11 is 0. The molecule has 2 unspecified atom stereocenters. The maximum Gasteiger partial charge on any atom is 0.301 e. The van der Waals surface area contributed by atoms with Crippen LogP contribution in [0, 0.1) is 11.6 Å². The Labute approximate surface area is 376 Å². The average molecular weight is 929 g/mol. The van der Waals surface area contributed by atoms with Crippen LogP contribution in [0.25, 0.3) is 22.2 Å². The van der Waals surface area contributed by atoms with Gasteiger partial charge in [-0.1, -0.05) is 12.1 Å². The normalized spacial score (nSPS) is 19.4. The van der Waals surface area contributed by atoms with Crippen molar-refractivity contribution in [1.82, 2.24) is 29.4 Å². The zero-order valence-electron chi connectivity index (χ0n) is 35.2. The standard InChI is InChI=1S/C45H43F3N8O9S/c46-28-11-12-55(25-28)66(62,63)52-36-8-7-35(47)39(40(36)48)41(58)34-24-50-42-32(34)21-27(23-49-42)26-1-4-30(5-2-26)65-20-19-64-18-17-53-13-15-54(16-14-53)29-3-6-31-33(22-29)45(61)56(44(31)60)37-9-10-38(57)51-43(37)59/h1-8,21-24,28,37,52H,9-20,25H2,(H,49,50)(H,51,57,59). The Morgan fingerprint density at radius 1 is 0.864 bits per heavy atom. The lowest BCUT2D eigenvalue weighted by atomic mass is 10.00. The van der Waals surface area contributed by atoms with Gasteiger partial charge in [-0.05, 0) is 66.9 Å². The summed E-state index contributed by atoms with van der Waals surface area (Å²) in [4.78, 5) is 76.6. The number of piperazine rings is 1. The molecule has 66 heavy (non-hydrogen) atoms. The van der Waals surface area contributed by atoms with Gasteiger partial charge in [0.25, 0.3) is 11.8 Å². The minimum absolute atomic E-state index is 0.0102. The summed E-state index contributed by atoms with van der Waals surface area (Å²) in [6.45, 7) is 4.20. The van der Waals surface area contributed by atoms with Crippen molar-refractivity contribution < 1.29 is 55.0 Å². The second-order valence-electron chi connectivity index (χ2n) is 16.3. The van der Waals surface area contributed by atoms with Crippen molar-refractivity contribution in [2.24, 2.45) is 0 Å². The number of nitrogens with zero attached hydrogens (tertiary/aromatic N) is 5. The summed E-state index contributed by atoms with van der Waals surface area (Å²) in [5.74, 6) is -5.20. The number of alkyl halides is 1. The Kier molecular flexibility index (Phi) is 12.3. The van der Waals surface area contributed by atoms with E-state index in [2.05, 4.69) is 25.1 Å². The van der Waals surface area contributed by atoms with Crippen LogP contribution in [-0.4, -0.2) is 140 Å². The van der Waals surface area contributed by atoms with Crippen LogP contribution in [-0.2, 0) is 24.5 Å². The molecule has 3 fully saturated rings. The third-order valence-electron chi connectivity index (χ3n) is 12.2. The van der Waals surface area contributed by atoms with E-state index in [0.717, 1.165) is 45.7 Å². The van der Waals surface area contributed by atoms with Crippen LogP contribution in [0.1, 0.15) is 55.9 Å². The number of carbonyl (C=O) groups is 5. The fourth-order valence-electron chi connectivity index (χ4n) is 8.58. The van der Waals surface area contributed by atoms with Gasteiger partial charge in [-0.3, -0.25) is 43.8 Å². The second-order valence-corrected chi connectivity index (χ2v) is 17.9. The number of pyridine rings is 1. The first-order chi connectivity index (χ1) is 31.8. The molecule has 0 radical (unpaired) electrons. The van der Waals surface area contributed by atoms with Crippen LogP contribution in [0.5, 0.6) is 5.75 Å². The first-order valence-corrected chi connectivity index (χ1v) is 22.8. The number of nitrogens with one attached hydrogen (secondary N) is 3. The molecule has 2 atom stereocenters. The summed E-state index contributed by atoms with van der Waals surface area (Å²) in [7, 11) is -4.37. The number of rotatable bonds is 15. The maximum absolute atomic E-state index is 15.7. The predicted molar refractivity (Wildman–Crippen MR) is 233 cm³/mol. The number of anilines is 2. The molecule has 4 aliphatic heterocycles. The van der Waals surface area contributed by atoms with E-state index in [1.165, 1.54) is 6.20 Å². The minimum atomic E-state index is -4.37. The minimum Gasteiger partial charge on any atom is -0.491 e. The molecule has 3 aromatic carbocycles. The highest BCUT2D eigenvalue weighted by Crippen LogP contribution is 2.33. The highest BCUT2D eigenvalue weighted by Gasteiger charge is 2.45. The molecular formula is C45H43F3N8O9S. The van der Waals surface area contributed by atoms with Gasteiger partial charge in [0.2, 0.25) is 17.6 Å². The van der Waals surface area contributed by atoms with Crippen molar-refractivity contribution in [2.45, 2.75) is 31.5 Å². The Hall–Kier alpha value is -6.68. The number of aromatic amines is 1. The molecule has 0 bridgehead atoms. The Balaban J connectivity index is 0.735. The van der Waals surface area contributed by atoms with E-state index >= 15 is 8.78 Å². The molecule has 5 aromatic rings. The summed E-state index contributed by atoms with van der Waals surface area (Å²) in [6.07, 6.45) is 1.64. The number of aromatic nitrogens is 2. The van der Waals surface area contributed by atoms with E-state index in [1.807, 2.05) is 10.8 Å². The number of carbonyl (C=O) groups excluding carboxylic acids is 5. The number of H-pyrrole nitrogens is 1. The number of piperidine rings is 1. The van der Waals surface area contributed by atoms with Crippen molar-refractivity contribution in [3.05, 3.63) is 107 Å². The SMILES string of the molecule is O=C1CCC(N2C(=O)c3ccc(N4CCN(CCOCCOc5ccc(-c6cnc7[nH]cc(C(=O)c8c(F)ccc(NS(=O)(=O)N9CCC(F)C9)c8F)c7c6)cc5)CC4)cc3C2=O)C(=O)N1. The molecule has 344 valence electrons. The Morgan fingerprint density at radius 2 is 1.64 bits per heavy atom. The van der Waals surface area contributed by atoms with Gasteiger partial charge >= 0.3 is 10.2 Å². The molecule has 0 aliphatic carbocycles. The van der Waals surface area contributed by atoms with E-state index in [9.17, 15) is 36.8 Å². The molecule has 4 aliphatic rings. The highest BCUT2D eigenvalue weighted by atomic mass is 32.2. The van der Waals surface area contributed by atoms with Crippen LogP contribution in [0.4, 0.5) is 24.5 Å². The summed E-state index contributed by atoms with van der Waals surface area (Å²) in [5.41, 5.74) is 1.20. The van der Waals surface area contributed by atoms with Gasteiger partial charge in [-0.2, -0.15) is 12.7 Å². The van der Waals surface area contributed by atoms with Gasteiger partial charge in [-0.15, -0.1) is 0 Å². The number of halogens is 3. The number of ether oxygens (including phenoxy) is 2. The predicted octanol–water partition coefficient (Wildman–Crippen LogP) is 4.06. The summed E-state index contributed by atoms with van der Waals surface area (Å²) < 4.78 is 84.5. The largest absolute Gasteiger partial charge is 0.491 e. The molecule has 17 nitrogen and oxygen atoms in total. The molecule has 3 saturated heterocycles. The maximum atomic E-state index is 15.7. The summed E-state index contributed by atoms with van der Waals surface area (Å²) in [6, 6.07) is 14.5. The quantitative estimate of drug-likeness (QED) is 0.0774. The van der Waals surface area contributed by atoms with Crippen LogP contribution < -0.4 is 19.7 Å². The molecule has 9 rings (SSSR count). The van der Waals surface area contributed by atoms with Gasteiger partial charge in [0.05, 0.1) is 35.6 Å². The number of ketones is 1. The molecule has 2 aromatic heterocycles. The van der Waals surface area contributed by atoms with E-state index in [0.29, 0.717) is 50.8 Å². The molecule has 0 spiro atoms. The van der Waals surface area contributed by atoms with Crippen molar-refractivity contribution in [2.75, 3.05) is 75.3 Å². The lowest BCUT2D eigenvalue weighted by molar-refractivity contribution is -0.136. The summed E-state index contributed by atoms with van der Waals surface area (Å²) in [5, 5.41) is 2.49. The van der Waals surface area contributed by atoms with Crippen LogP contribution in [0.2, 0.25) is 0 Å². The van der Waals surface area contributed by atoms with E-state index < -0.39 is 81.3 Å². The van der Waals surface area contributed by atoms with Crippen LogP contribution >= 0.6 is 0 Å². The third kappa shape index (κ3) is 8.85. The van der Waals surface area contributed by atoms with Gasteiger partial charge < -0.3 is 19.4 Å². The molecular weight excluding hydrogens is 886 g/mol. The Morgan fingerprint density at radius 3 is 2.38 bits per heavy atom. The lowest BCUT2D eigenvalue weighted by Gasteiger charge is -2.36.